The number of aliphatic carboxylic acids is 1. The number of carbonyl (C=O) groups is 4. The van der Waals surface area contributed by atoms with Gasteiger partial charge in [0.15, 0.2) is 0 Å². The average Bonchev–Trinajstić information content (AvgIpc) is 2.77. The van der Waals surface area contributed by atoms with Crippen LogP contribution in [0.25, 0.3) is 0 Å². The van der Waals surface area contributed by atoms with Crippen LogP contribution >= 0.6 is 23.5 Å². The fourth-order valence-electron chi connectivity index (χ4n) is 3.16. The molecule has 0 aromatic rings. The van der Waals surface area contributed by atoms with Crippen LogP contribution in [0.2, 0.25) is 0 Å². The molecule has 0 aliphatic heterocycles. The van der Waals surface area contributed by atoms with Crippen LogP contribution in [0, 0.1) is 5.92 Å². The first-order valence-electron chi connectivity index (χ1n) is 11.6. The van der Waals surface area contributed by atoms with Gasteiger partial charge in [0.05, 0.1) is 6.04 Å². The minimum absolute atomic E-state index is 0.0701. The molecule has 4 atom stereocenters. The van der Waals surface area contributed by atoms with E-state index in [1.54, 1.807) is 0 Å². The first-order valence-corrected chi connectivity index (χ1v) is 14.4. The summed E-state index contributed by atoms with van der Waals surface area (Å²) in [6.07, 6.45) is 6.66. The summed E-state index contributed by atoms with van der Waals surface area (Å²) in [5.74, 6) is -1.32. The second-order valence-corrected chi connectivity index (χ2v) is 10.6. The van der Waals surface area contributed by atoms with Gasteiger partial charge in [-0.3, -0.25) is 14.4 Å². The van der Waals surface area contributed by atoms with E-state index < -0.39 is 47.9 Å². The van der Waals surface area contributed by atoms with E-state index in [0.29, 0.717) is 43.7 Å². The van der Waals surface area contributed by atoms with Gasteiger partial charge in [-0.05, 0) is 68.6 Å². The van der Waals surface area contributed by atoms with Crippen LogP contribution in [-0.2, 0) is 19.2 Å². The average molecular weight is 522 g/mol. The molecule has 0 aliphatic carbocycles. The Morgan fingerprint density at radius 1 is 0.794 bits per heavy atom. The molecule has 0 radical (unpaired) electrons. The summed E-state index contributed by atoms with van der Waals surface area (Å²) in [6, 6.07) is -3.56. The summed E-state index contributed by atoms with van der Waals surface area (Å²) in [7, 11) is 0. The number of rotatable bonds is 19. The molecule has 198 valence electrons. The SMILES string of the molecule is CSCCC(NC(=O)C(CC(C)C)NC(=O)C(CCSC)NC(=O)C(N)CCCCN)C(=O)O. The number of amides is 3. The first kappa shape index (κ1) is 32.5. The Bertz CT molecular complexity index is 639. The molecule has 0 aliphatic rings. The number of hydrogen-bond acceptors (Lipinski definition) is 8. The third-order valence-corrected chi connectivity index (χ3v) is 6.40. The zero-order valence-electron chi connectivity index (χ0n) is 20.8. The molecule has 12 heteroatoms. The molecule has 0 heterocycles. The van der Waals surface area contributed by atoms with Crippen molar-refractivity contribution in [1.82, 2.24) is 16.0 Å². The Labute approximate surface area is 211 Å². The van der Waals surface area contributed by atoms with Crippen LogP contribution in [0.3, 0.4) is 0 Å². The van der Waals surface area contributed by atoms with Gasteiger partial charge in [-0.1, -0.05) is 20.3 Å². The molecule has 0 bridgehead atoms. The van der Waals surface area contributed by atoms with Gasteiger partial charge in [-0.25, -0.2) is 4.79 Å². The lowest BCUT2D eigenvalue weighted by molar-refractivity contribution is -0.142. The molecule has 3 amide bonds. The molecular weight excluding hydrogens is 478 g/mol. The molecule has 0 aromatic carbocycles. The maximum absolute atomic E-state index is 13.1. The molecule has 0 saturated heterocycles. The van der Waals surface area contributed by atoms with E-state index in [4.69, 9.17) is 11.5 Å². The van der Waals surface area contributed by atoms with Crippen molar-refractivity contribution in [1.29, 1.82) is 0 Å². The fourth-order valence-corrected chi connectivity index (χ4v) is 4.11. The standard InChI is InChI=1S/C22H43N5O5S2/c1-14(2)13-18(21(30)26-17(22(31)32)9-12-34-4)27-20(29)16(8-11-33-3)25-19(28)15(24)7-5-6-10-23/h14-18H,5-13,23-24H2,1-4H3,(H,25,28)(H,26,30)(H,27,29)(H,31,32). The maximum atomic E-state index is 13.1. The number of carboxylic acid groups (broad SMARTS) is 1. The monoisotopic (exact) mass is 521 g/mol. The van der Waals surface area contributed by atoms with Gasteiger partial charge in [-0.15, -0.1) is 0 Å². The zero-order chi connectivity index (χ0) is 26.1. The number of hydrogen-bond donors (Lipinski definition) is 6. The Hall–Kier alpha value is -1.50. The number of nitrogens with two attached hydrogens (primary N) is 2. The Kier molecular flexibility index (Phi) is 18.0. The van der Waals surface area contributed by atoms with Gasteiger partial charge >= 0.3 is 5.97 Å². The topological polar surface area (TPSA) is 177 Å². The number of thioether (sulfide) groups is 2. The van der Waals surface area contributed by atoms with E-state index in [0.717, 1.165) is 6.42 Å². The van der Waals surface area contributed by atoms with Gasteiger partial charge in [0.2, 0.25) is 17.7 Å². The van der Waals surface area contributed by atoms with Crippen LogP contribution in [0.4, 0.5) is 0 Å². The van der Waals surface area contributed by atoms with Crippen LogP contribution in [0.5, 0.6) is 0 Å². The first-order chi connectivity index (χ1) is 16.1. The molecule has 10 nitrogen and oxygen atoms in total. The summed E-state index contributed by atoms with van der Waals surface area (Å²) < 4.78 is 0. The van der Waals surface area contributed by atoms with E-state index in [9.17, 15) is 24.3 Å². The Balaban J connectivity index is 5.34. The highest BCUT2D eigenvalue weighted by Gasteiger charge is 2.30. The lowest BCUT2D eigenvalue weighted by Crippen LogP contribution is -2.57. The van der Waals surface area contributed by atoms with Crippen LogP contribution in [-0.4, -0.2) is 83.5 Å². The van der Waals surface area contributed by atoms with Crippen molar-refractivity contribution in [3.8, 4) is 0 Å². The van der Waals surface area contributed by atoms with Crippen molar-refractivity contribution < 1.29 is 24.3 Å². The molecule has 0 saturated carbocycles. The van der Waals surface area contributed by atoms with E-state index >= 15 is 0 Å². The van der Waals surface area contributed by atoms with E-state index in [2.05, 4.69) is 16.0 Å². The highest BCUT2D eigenvalue weighted by molar-refractivity contribution is 7.98. The lowest BCUT2D eigenvalue weighted by Gasteiger charge is -2.26. The molecule has 34 heavy (non-hydrogen) atoms. The maximum Gasteiger partial charge on any atom is 0.326 e. The predicted octanol–water partition coefficient (Wildman–Crippen LogP) is 0.534. The van der Waals surface area contributed by atoms with Crippen molar-refractivity contribution in [3.63, 3.8) is 0 Å². The summed E-state index contributed by atoms with van der Waals surface area (Å²) in [5.41, 5.74) is 11.4. The second-order valence-electron chi connectivity index (χ2n) is 8.61. The van der Waals surface area contributed by atoms with Crippen molar-refractivity contribution >= 4 is 47.2 Å². The van der Waals surface area contributed by atoms with Crippen molar-refractivity contribution in [2.75, 3.05) is 30.6 Å². The van der Waals surface area contributed by atoms with Gasteiger partial charge in [0.1, 0.15) is 18.1 Å². The highest BCUT2D eigenvalue weighted by atomic mass is 32.2. The molecule has 0 rings (SSSR count). The van der Waals surface area contributed by atoms with Crippen LogP contribution in [0.1, 0.15) is 52.4 Å². The van der Waals surface area contributed by atoms with E-state index in [1.807, 2.05) is 26.4 Å². The molecule has 4 unspecified atom stereocenters. The van der Waals surface area contributed by atoms with E-state index in [1.165, 1.54) is 23.5 Å². The quantitative estimate of drug-likeness (QED) is 0.132. The van der Waals surface area contributed by atoms with Crippen LogP contribution in [0.15, 0.2) is 0 Å². The van der Waals surface area contributed by atoms with Gasteiger partial charge in [0.25, 0.3) is 0 Å². The van der Waals surface area contributed by atoms with Gasteiger partial charge in [0, 0.05) is 0 Å². The lowest BCUT2D eigenvalue weighted by atomic mass is 10.0. The third kappa shape index (κ3) is 14.0. The minimum atomic E-state index is -1.12. The summed E-state index contributed by atoms with van der Waals surface area (Å²) in [6.45, 7) is 4.33. The number of unbranched alkanes of at least 4 members (excludes halogenated alkanes) is 1. The van der Waals surface area contributed by atoms with Crippen molar-refractivity contribution in [3.05, 3.63) is 0 Å². The van der Waals surface area contributed by atoms with Gasteiger partial charge < -0.3 is 32.5 Å². The molecule has 8 N–H and O–H groups in total. The molecule has 0 aromatic heterocycles. The largest absolute Gasteiger partial charge is 0.480 e. The number of carboxylic acids is 1. The van der Waals surface area contributed by atoms with Crippen molar-refractivity contribution in [2.45, 2.75) is 76.5 Å². The summed E-state index contributed by atoms with van der Waals surface area (Å²) in [4.78, 5) is 50.0. The number of carbonyl (C=O) groups excluding carboxylic acids is 3. The van der Waals surface area contributed by atoms with Gasteiger partial charge in [-0.2, -0.15) is 23.5 Å². The minimum Gasteiger partial charge on any atom is -0.480 e. The predicted molar refractivity (Wildman–Crippen MR) is 140 cm³/mol. The van der Waals surface area contributed by atoms with Crippen molar-refractivity contribution in [2.24, 2.45) is 17.4 Å². The number of nitrogens with one attached hydrogen (secondary N) is 3. The fraction of sp³-hybridized carbons (Fsp3) is 0.818. The Morgan fingerprint density at radius 2 is 1.29 bits per heavy atom. The third-order valence-electron chi connectivity index (χ3n) is 5.11. The normalized spacial score (nSPS) is 14.7. The molecule has 0 spiro atoms. The summed E-state index contributed by atoms with van der Waals surface area (Å²) in [5, 5.41) is 17.4. The smallest absolute Gasteiger partial charge is 0.326 e. The molecule has 0 fully saturated rings. The van der Waals surface area contributed by atoms with Crippen LogP contribution < -0.4 is 27.4 Å². The second kappa shape index (κ2) is 18.8. The van der Waals surface area contributed by atoms with E-state index in [-0.39, 0.29) is 12.3 Å². The zero-order valence-corrected chi connectivity index (χ0v) is 22.4. The Morgan fingerprint density at radius 3 is 1.79 bits per heavy atom. The summed E-state index contributed by atoms with van der Waals surface area (Å²) >= 11 is 3.02. The molecular formula is C22H43N5O5S2. The highest BCUT2D eigenvalue weighted by Crippen LogP contribution is 2.09.